The normalized spacial score (nSPS) is 11.4. The minimum atomic E-state index is -3.42. The Bertz CT molecular complexity index is 899. The first-order valence-corrected chi connectivity index (χ1v) is 11.1. The van der Waals surface area contributed by atoms with Gasteiger partial charge < -0.3 is 10.1 Å². The van der Waals surface area contributed by atoms with Crippen molar-refractivity contribution in [3.63, 3.8) is 0 Å². The Labute approximate surface area is 171 Å². The van der Waals surface area contributed by atoms with Crippen LogP contribution in [0.4, 0.5) is 10.1 Å². The topological polar surface area (TPSA) is 84.5 Å². The Hall–Kier alpha value is -2.45. The van der Waals surface area contributed by atoms with Gasteiger partial charge in [-0.15, -0.1) is 0 Å². The molecule has 0 saturated heterocycles. The van der Waals surface area contributed by atoms with Crippen LogP contribution in [0.1, 0.15) is 32.3 Å². The summed E-state index contributed by atoms with van der Waals surface area (Å²) in [4.78, 5) is 12.1. The molecule has 0 fully saturated rings. The molecule has 0 aliphatic rings. The van der Waals surface area contributed by atoms with E-state index in [-0.39, 0.29) is 29.8 Å². The molecule has 0 unspecified atom stereocenters. The lowest BCUT2D eigenvalue weighted by Crippen LogP contribution is -2.28. The minimum Gasteiger partial charge on any atom is -0.494 e. The van der Waals surface area contributed by atoms with Gasteiger partial charge in [0.25, 0.3) is 0 Å². The summed E-state index contributed by atoms with van der Waals surface area (Å²) in [5.41, 5.74) is 1.14. The summed E-state index contributed by atoms with van der Waals surface area (Å²) in [6, 6.07) is 12.5. The van der Waals surface area contributed by atoms with Crippen LogP contribution in [0.5, 0.6) is 5.75 Å². The van der Waals surface area contributed by atoms with Crippen molar-refractivity contribution in [2.45, 2.75) is 32.4 Å². The van der Waals surface area contributed by atoms with Crippen molar-refractivity contribution in [3.8, 4) is 5.75 Å². The summed E-state index contributed by atoms with van der Waals surface area (Å²) in [6.45, 7) is 4.59. The molecule has 2 aromatic rings. The lowest BCUT2D eigenvalue weighted by molar-refractivity contribution is -0.116. The van der Waals surface area contributed by atoms with Crippen LogP contribution in [-0.2, 0) is 20.6 Å². The van der Waals surface area contributed by atoms with Gasteiger partial charge in [0.05, 0.1) is 12.4 Å². The number of ether oxygens (including phenoxy) is 1. The van der Waals surface area contributed by atoms with E-state index in [0.717, 1.165) is 0 Å². The molecule has 29 heavy (non-hydrogen) atoms. The Kier molecular flexibility index (Phi) is 8.60. The average Bonchev–Trinajstić information content (AvgIpc) is 2.65. The van der Waals surface area contributed by atoms with Crippen molar-refractivity contribution in [2.75, 3.05) is 18.5 Å². The number of anilines is 1. The quantitative estimate of drug-likeness (QED) is 0.541. The maximum absolute atomic E-state index is 12.8. The number of nitrogens with one attached hydrogen (secondary N) is 2. The zero-order valence-electron chi connectivity index (χ0n) is 16.7. The Morgan fingerprint density at radius 1 is 1.14 bits per heavy atom. The maximum Gasteiger partial charge on any atom is 0.224 e. The van der Waals surface area contributed by atoms with E-state index < -0.39 is 10.0 Å². The molecule has 2 N–H and O–H groups in total. The molecule has 158 valence electrons. The Balaban J connectivity index is 1.78. The number of amides is 1. The second kappa shape index (κ2) is 10.9. The second-order valence-corrected chi connectivity index (χ2v) is 8.96. The molecule has 2 rings (SSSR count). The van der Waals surface area contributed by atoms with Gasteiger partial charge in [-0.1, -0.05) is 26.0 Å². The fraction of sp³-hybridized carbons (Fsp3) is 0.381. The molecular weight excluding hydrogens is 395 g/mol. The first-order valence-electron chi connectivity index (χ1n) is 9.48. The van der Waals surface area contributed by atoms with Crippen LogP contribution in [0, 0.1) is 11.7 Å². The molecule has 0 aliphatic heterocycles. The SMILES string of the molecule is CC(C)CNS(=O)(=O)Cc1cccc(NC(=O)CCCOc2ccc(F)cc2)c1. The molecule has 0 spiro atoms. The van der Waals surface area contributed by atoms with Crippen LogP contribution in [0.3, 0.4) is 0 Å². The second-order valence-electron chi connectivity index (χ2n) is 7.16. The number of carbonyl (C=O) groups excluding carboxylic acids is 1. The standard InChI is InChI=1S/C21H27FN2O4S/c1-16(2)14-23-29(26,27)15-17-5-3-6-19(13-17)24-21(25)7-4-12-28-20-10-8-18(22)9-11-20/h3,5-6,8-11,13,16,23H,4,7,12,14-15H2,1-2H3,(H,24,25). The predicted molar refractivity (Wildman–Crippen MR) is 112 cm³/mol. The smallest absolute Gasteiger partial charge is 0.224 e. The maximum atomic E-state index is 12.8. The van der Waals surface area contributed by atoms with Gasteiger partial charge in [0.15, 0.2) is 0 Å². The van der Waals surface area contributed by atoms with Gasteiger partial charge in [-0.3, -0.25) is 4.79 Å². The van der Waals surface area contributed by atoms with Crippen LogP contribution in [0.15, 0.2) is 48.5 Å². The predicted octanol–water partition coefficient (Wildman–Crippen LogP) is 3.70. The summed E-state index contributed by atoms with van der Waals surface area (Å²) in [6.07, 6.45) is 0.746. The van der Waals surface area contributed by atoms with Gasteiger partial charge in [-0.25, -0.2) is 17.5 Å². The van der Waals surface area contributed by atoms with E-state index in [0.29, 0.717) is 36.6 Å². The van der Waals surface area contributed by atoms with Crippen LogP contribution in [-0.4, -0.2) is 27.5 Å². The molecule has 0 bridgehead atoms. The van der Waals surface area contributed by atoms with Crippen LogP contribution < -0.4 is 14.8 Å². The van der Waals surface area contributed by atoms with E-state index in [1.54, 1.807) is 24.3 Å². The van der Waals surface area contributed by atoms with E-state index in [4.69, 9.17) is 4.74 Å². The van der Waals surface area contributed by atoms with Gasteiger partial charge in [-0.05, 0) is 54.3 Å². The number of halogens is 1. The highest BCUT2D eigenvalue weighted by molar-refractivity contribution is 7.88. The number of hydrogen-bond donors (Lipinski definition) is 2. The minimum absolute atomic E-state index is 0.144. The van der Waals surface area contributed by atoms with Crippen LogP contribution >= 0.6 is 0 Å². The highest BCUT2D eigenvalue weighted by atomic mass is 32.2. The lowest BCUT2D eigenvalue weighted by atomic mass is 10.2. The van der Waals surface area contributed by atoms with Crippen molar-refractivity contribution in [3.05, 3.63) is 59.9 Å². The van der Waals surface area contributed by atoms with Crippen molar-refractivity contribution >= 4 is 21.6 Å². The lowest BCUT2D eigenvalue weighted by Gasteiger charge is -2.10. The van der Waals surface area contributed by atoms with Gasteiger partial charge in [0.1, 0.15) is 11.6 Å². The van der Waals surface area contributed by atoms with Gasteiger partial charge >= 0.3 is 0 Å². The van der Waals surface area contributed by atoms with Gasteiger partial charge in [0, 0.05) is 18.7 Å². The molecule has 8 heteroatoms. The number of hydrogen-bond acceptors (Lipinski definition) is 4. The highest BCUT2D eigenvalue weighted by Crippen LogP contribution is 2.14. The third kappa shape index (κ3) is 9.06. The summed E-state index contributed by atoms with van der Waals surface area (Å²) >= 11 is 0. The summed E-state index contributed by atoms with van der Waals surface area (Å²) < 4.78 is 45.1. The zero-order valence-corrected chi connectivity index (χ0v) is 17.5. The number of rotatable bonds is 11. The molecule has 2 aromatic carbocycles. The Morgan fingerprint density at radius 2 is 1.86 bits per heavy atom. The van der Waals surface area contributed by atoms with E-state index >= 15 is 0 Å². The van der Waals surface area contributed by atoms with Crippen molar-refractivity contribution in [2.24, 2.45) is 5.92 Å². The summed E-state index contributed by atoms with van der Waals surface area (Å²) in [5, 5.41) is 2.77. The Morgan fingerprint density at radius 3 is 2.55 bits per heavy atom. The van der Waals surface area contributed by atoms with Gasteiger partial charge in [-0.2, -0.15) is 0 Å². The van der Waals surface area contributed by atoms with E-state index in [1.807, 2.05) is 13.8 Å². The van der Waals surface area contributed by atoms with E-state index in [9.17, 15) is 17.6 Å². The van der Waals surface area contributed by atoms with Crippen molar-refractivity contribution in [1.29, 1.82) is 0 Å². The number of benzene rings is 2. The fourth-order valence-electron chi connectivity index (χ4n) is 2.48. The third-order valence-corrected chi connectivity index (χ3v) is 5.23. The highest BCUT2D eigenvalue weighted by Gasteiger charge is 2.12. The molecule has 0 radical (unpaired) electrons. The van der Waals surface area contributed by atoms with Crippen molar-refractivity contribution < 1.29 is 22.3 Å². The number of carbonyl (C=O) groups is 1. The molecule has 0 heterocycles. The summed E-state index contributed by atoms with van der Waals surface area (Å²) in [7, 11) is -3.42. The molecule has 6 nitrogen and oxygen atoms in total. The first kappa shape index (κ1) is 22.8. The first-order chi connectivity index (χ1) is 13.7. The van der Waals surface area contributed by atoms with Gasteiger partial charge in [0.2, 0.25) is 15.9 Å². The molecule has 1 amide bonds. The molecule has 0 aliphatic carbocycles. The van der Waals surface area contributed by atoms with E-state index in [2.05, 4.69) is 10.0 Å². The molecule has 0 aromatic heterocycles. The zero-order chi connectivity index (χ0) is 21.3. The van der Waals surface area contributed by atoms with Crippen LogP contribution in [0.2, 0.25) is 0 Å². The molecule has 0 atom stereocenters. The fourth-order valence-corrected chi connectivity index (χ4v) is 3.79. The largest absolute Gasteiger partial charge is 0.494 e. The van der Waals surface area contributed by atoms with Crippen LogP contribution in [0.25, 0.3) is 0 Å². The van der Waals surface area contributed by atoms with Crippen molar-refractivity contribution in [1.82, 2.24) is 4.72 Å². The number of sulfonamides is 1. The third-order valence-electron chi connectivity index (χ3n) is 3.91. The monoisotopic (exact) mass is 422 g/mol. The average molecular weight is 423 g/mol. The van der Waals surface area contributed by atoms with E-state index in [1.165, 1.54) is 24.3 Å². The summed E-state index contributed by atoms with van der Waals surface area (Å²) in [5.74, 6) is 0.108. The molecule has 0 saturated carbocycles. The molecular formula is C21H27FN2O4S.